The molecule has 1 aliphatic rings. The number of hydrogen-bond donors (Lipinski definition) is 2. The van der Waals surface area contributed by atoms with Crippen LogP contribution >= 0.6 is 11.3 Å². The third-order valence-electron chi connectivity index (χ3n) is 4.30. The van der Waals surface area contributed by atoms with Crippen LogP contribution in [0.2, 0.25) is 0 Å². The normalized spacial score (nSPS) is 15.2. The number of rotatable bonds is 9. The average Bonchev–Trinajstić information content (AvgIpc) is 3.25. The summed E-state index contributed by atoms with van der Waals surface area (Å²) in [6.45, 7) is 2.08. The third-order valence-corrected chi connectivity index (χ3v) is 5.00. The molecule has 1 fully saturated rings. The highest BCUT2D eigenvalue weighted by molar-refractivity contribution is 7.07. The van der Waals surface area contributed by atoms with E-state index in [0.29, 0.717) is 19.6 Å². The van der Waals surface area contributed by atoms with Crippen molar-refractivity contribution in [2.75, 3.05) is 19.6 Å². The number of carbonyl (C=O) groups is 1. The molecular weight excluding hydrogens is 320 g/mol. The Morgan fingerprint density at radius 1 is 1.29 bits per heavy atom. The number of aliphatic hydroxyl groups excluding tert-OH is 1. The molecule has 2 N–H and O–H groups in total. The Morgan fingerprint density at radius 3 is 2.75 bits per heavy atom. The standard InChI is InChI=1S/C19H24N2O2S/c22-18(17-8-9-24-14-17)13-21(12-16-4-2-1-3-5-16)19(23)11-20-10-15-6-7-15/h1-5,8-9,14-15,18,20,22H,6-7,10-13H2. The molecule has 1 unspecified atom stereocenters. The summed E-state index contributed by atoms with van der Waals surface area (Å²) in [6, 6.07) is 11.8. The third kappa shape index (κ3) is 5.16. The van der Waals surface area contributed by atoms with Gasteiger partial charge in [0, 0.05) is 6.54 Å². The van der Waals surface area contributed by atoms with Crippen LogP contribution < -0.4 is 5.32 Å². The van der Waals surface area contributed by atoms with Gasteiger partial charge in [-0.25, -0.2) is 0 Å². The van der Waals surface area contributed by atoms with E-state index in [4.69, 9.17) is 0 Å². The minimum Gasteiger partial charge on any atom is -0.387 e. The van der Waals surface area contributed by atoms with E-state index in [2.05, 4.69) is 5.32 Å². The van der Waals surface area contributed by atoms with Crippen molar-refractivity contribution in [3.05, 3.63) is 58.3 Å². The fourth-order valence-corrected chi connectivity index (χ4v) is 3.36. The number of benzene rings is 1. The summed E-state index contributed by atoms with van der Waals surface area (Å²) in [7, 11) is 0. The van der Waals surface area contributed by atoms with E-state index in [1.165, 1.54) is 12.8 Å². The van der Waals surface area contributed by atoms with Crippen molar-refractivity contribution in [3.8, 4) is 0 Å². The predicted octanol–water partition coefficient (Wildman–Crippen LogP) is 2.81. The van der Waals surface area contributed by atoms with E-state index in [9.17, 15) is 9.90 Å². The Kier molecular flexibility index (Phi) is 6.01. The van der Waals surface area contributed by atoms with Crippen LogP contribution in [0.15, 0.2) is 47.2 Å². The van der Waals surface area contributed by atoms with Crippen LogP contribution in [0.1, 0.15) is 30.1 Å². The molecule has 3 rings (SSSR count). The lowest BCUT2D eigenvalue weighted by atomic mass is 10.1. The van der Waals surface area contributed by atoms with Crippen molar-refractivity contribution in [1.82, 2.24) is 10.2 Å². The van der Waals surface area contributed by atoms with Crippen LogP contribution in [0.4, 0.5) is 0 Å². The molecule has 0 aliphatic heterocycles. The molecule has 2 aromatic rings. The first-order valence-electron chi connectivity index (χ1n) is 8.45. The molecule has 0 radical (unpaired) electrons. The molecule has 1 heterocycles. The van der Waals surface area contributed by atoms with E-state index in [1.807, 2.05) is 47.2 Å². The summed E-state index contributed by atoms with van der Waals surface area (Å²) in [5, 5.41) is 17.5. The molecule has 4 nitrogen and oxygen atoms in total. The Labute approximate surface area is 147 Å². The maximum Gasteiger partial charge on any atom is 0.236 e. The Bertz CT molecular complexity index is 626. The smallest absolute Gasteiger partial charge is 0.236 e. The lowest BCUT2D eigenvalue weighted by Crippen LogP contribution is -2.40. The summed E-state index contributed by atoms with van der Waals surface area (Å²) in [5.41, 5.74) is 1.95. The van der Waals surface area contributed by atoms with Gasteiger partial charge in [0.05, 0.1) is 19.2 Å². The Morgan fingerprint density at radius 2 is 2.08 bits per heavy atom. The highest BCUT2D eigenvalue weighted by Gasteiger charge is 2.22. The maximum absolute atomic E-state index is 12.6. The number of nitrogens with one attached hydrogen (secondary N) is 1. The summed E-state index contributed by atoms with van der Waals surface area (Å²) in [6.07, 6.45) is 1.89. The van der Waals surface area contributed by atoms with Gasteiger partial charge in [-0.3, -0.25) is 4.79 Å². The maximum atomic E-state index is 12.6. The number of aliphatic hydroxyl groups is 1. The molecule has 1 atom stereocenters. The summed E-state index contributed by atoms with van der Waals surface area (Å²) < 4.78 is 0. The number of amides is 1. The summed E-state index contributed by atoms with van der Waals surface area (Å²) in [5.74, 6) is 0.783. The highest BCUT2D eigenvalue weighted by atomic mass is 32.1. The van der Waals surface area contributed by atoms with Gasteiger partial charge in [0.1, 0.15) is 0 Å². The largest absolute Gasteiger partial charge is 0.387 e. The van der Waals surface area contributed by atoms with Crippen molar-refractivity contribution in [2.45, 2.75) is 25.5 Å². The van der Waals surface area contributed by atoms with Crippen LogP contribution in [0, 0.1) is 5.92 Å². The molecule has 0 spiro atoms. The van der Waals surface area contributed by atoms with Crippen molar-refractivity contribution in [1.29, 1.82) is 0 Å². The molecule has 0 bridgehead atoms. The lowest BCUT2D eigenvalue weighted by molar-refractivity contribution is -0.132. The number of nitrogens with zero attached hydrogens (tertiary/aromatic N) is 1. The molecule has 1 saturated carbocycles. The minimum absolute atomic E-state index is 0.0359. The highest BCUT2D eigenvalue weighted by Crippen LogP contribution is 2.27. The van der Waals surface area contributed by atoms with Gasteiger partial charge < -0.3 is 15.3 Å². The minimum atomic E-state index is -0.646. The van der Waals surface area contributed by atoms with E-state index in [1.54, 1.807) is 16.2 Å². The average molecular weight is 344 g/mol. The van der Waals surface area contributed by atoms with Gasteiger partial charge in [-0.15, -0.1) is 0 Å². The first kappa shape index (κ1) is 17.1. The zero-order valence-corrected chi connectivity index (χ0v) is 14.5. The van der Waals surface area contributed by atoms with Crippen molar-refractivity contribution >= 4 is 17.2 Å². The zero-order chi connectivity index (χ0) is 16.8. The topological polar surface area (TPSA) is 52.6 Å². The fourth-order valence-electron chi connectivity index (χ4n) is 2.65. The fraction of sp³-hybridized carbons (Fsp3) is 0.421. The van der Waals surface area contributed by atoms with E-state index in [-0.39, 0.29) is 5.91 Å². The van der Waals surface area contributed by atoms with Crippen LogP contribution in [0.3, 0.4) is 0 Å². The quantitative estimate of drug-likeness (QED) is 0.735. The van der Waals surface area contributed by atoms with Gasteiger partial charge in [-0.2, -0.15) is 11.3 Å². The number of hydrogen-bond acceptors (Lipinski definition) is 4. The van der Waals surface area contributed by atoms with Crippen LogP contribution in [-0.2, 0) is 11.3 Å². The van der Waals surface area contributed by atoms with Crippen molar-refractivity contribution in [3.63, 3.8) is 0 Å². The molecule has 128 valence electrons. The summed E-state index contributed by atoms with van der Waals surface area (Å²) in [4.78, 5) is 14.4. The van der Waals surface area contributed by atoms with Gasteiger partial charge in [0.25, 0.3) is 0 Å². The second-order valence-electron chi connectivity index (χ2n) is 6.41. The number of carbonyl (C=O) groups excluding carboxylic acids is 1. The summed E-state index contributed by atoms with van der Waals surface area (Å²) >= 11 is 1.56. The SMILES string of the molecule is O=C(CNCC1CC1)N(Cc1ccccc1)CC(O)c1ccsc1. The molecule has 1 aliphatic carbocycles. The lowest BCUT2D eigenvalue weighted by Gasteiger charge is -2.25. The van der Waals surface area contributed by atoms with Crippen LogP contribution in [0.5, 0.6) is 0 Å². The number of thiophene rings is 1. The zero-order valence-electron chi connectivity index (χ0n) is 13.7. The van der Waals surface area contributed by atoms with Gasteiger partial charge in [0.2, 0.25) is 5.91 Å². The Balaban J connectivity index is 1.61. The molecule has 5 heteroatoms. The van der Waals surface area contributed by atoms with Crippen molar-refractivity contribution < 1.29 is 9.90 Å². The van der Waals surface area contributed by atoms with Gasteiger partial charge in [-0.1, -0.05) is 30.3 Å². The predicted molar refractivity (Wildman–Crippen MR) is 96.7 cm³/mol. The van der Waals surface area contributed by atoms with Crippen LogP contribution in [0.25, 0.3) is 0 Å². The molecule has 0 saturated heterocycles. The van der Waals surface area contributed by atoms with Gasteiger partial charge >= 0.3 is 0 Å². The van der Waals surface area contributed by atoms with E-state index in [0.717, 1.165) is 23.6 Å². The van der Waals surface area contributed by atoms with Crippen LogP contribution in [-0.4, -0.2) is 35.5 Å². The van der Waals surface area contributed by atoms with Gasteiger partial charge in [0.15, 0.2) is 0 Å². The Hall–Kier alpha value is -1.69. The second kappa shape index (κ2) is 8.42. The van der Waals surface area contributed by atoms with E-state index >= 15 is 0 Å². The van der Waals surface area contributed by atoms with E-state index < -0.39 is 6.10 Å². The monoisotopic (exact) mass is 344 g/mol. The second-order valence-corrected chi connectivity index (χ2v) is 7.19. The first-order valence-corrected chi connectivity index (χ1v) is 9.39. The molecule has 1 amide bonds. The van der Waals surface area contributed by atoms with Gasteiger partial charge in [-0.05, 0) is 53.3 Å². The first-order chi connectivity index (χ1) is 11.7. The van der Waals surface area contributed by atoms with Crippen molar-refractivity contribution in [2.24, 2.45) is 5.92 Å². The molecule has 1 aromatic carbocycles. The molecule has 1 aromatic heterocycles. The molecule has 24 heavy (non-hydrogen) atoms. The molecular formula is C19H24N2O2S.